The topological polar surface area (TPSA) is 77.1 Å². The predicted octanol–water partition coefficient (Wildman–Crippen LogP) is 0.916. The Morgan fingerprint density at radius 1 is 1.33 bits per heavy atom. The van der Waals surface area contributed by atoms with Crippen LogP contribution in [0.2, 0.25) is 0 Å². The fourth-order valence-electron chi connectivity index (χ4n) is 2.63. The minimum absolute atomic E-state index is 0.0659. The molecule has 1 saturated heterocycles. The van der Waals surface area contributed by atoms with E-state index in [-0.39, 0.29) is 5.56 Å². The lowest BCUT2D eigenvalue weighted by Crippen LogP contribution is -2.50. The summed E-state index contributed by atoms with van der Waals surface area (Å²) < 4.78 is 6.97. The minimum Gasteiger partial charge on any atom is -0.460 e. The largest absolute Gasteiger partial charge is 0.460 e. The number of rotatable bonds is 3. The first-order valence-electron chi connectivity index (χ1n) is 6.77. The van der Waals surface area contributed by atoms with Gasteiger partial charge in [0.25, 0.3) is 5.56 Å². The zero-order valence-electron chi connectivity index (χ0n) is 11.2. The molecule has 7 nitrogen and oxygen atoms in total. The van der Waals surface area contributed by atoms with Gasteiger partial charge in [0.2, 0.25) is 0 Å². The lowest BCUT2D eigenvalue weighted by atomic mass is 10.0. The van der Waals surface area contributed by atoms with Crippen molar-refractivity contribution in [2.24, 2.45) is 5.92 Å². The Balaban J connectivity index is 1.49. The van der Waals surface area contributed by atoms with Crippen molar-refractivity contribution >= 4 is 16.8 Å². The average Bonchev–Trinajstić information content (AvgIpc) is 2.93. The van der Waals surface area contributed by atoms with Crippen molar-refractivity contribution in [2.45, 2.75) is 6.54 Å². The Kier molecular flexibility index (Phi) is 2.70. The Bertz CT molecular complexity index is 834. The summed E-state index contributed by atoms with van der Waals surface area (Å²) in [5.41, 5.74) is 0.697. The van der Waals surface area contributed by atoms with Gasteiger partial charge in [0, 0.05) is 36.7 Å². The van der Waals surface area contributed by atoms with Gasteiger partial charge in [0.05, 0.1) is 19.0 Å². The molecule has 0 spiro atoms. The maximum atomic E-state index is 11.6. The smallest absolute Gasteiger partial charge is 0.266 e. The Labute approximate surface area is 119 Å². The van der Waals surface area contributed by atoms with Gasteiger partial charge in [0.15, 0.2) is 11.4 Å². The summed E-state index contributed by atoms with van der Waals surface area (Å²) in [5.74, 6) is 1.15. The van der Waals surface area contributed by atoms with E-state index < -0.39 is 0 Å². The maximum Gasteiger partial charge on any atom is 0.266 e. The van der Waals surface area contributed by atoms with Gasteiger partial charge in [-0.2, -0.15) is 10.2 Å². The van der Waals surface area contributed by atoms with Crippen molar-refractivity contribution in [1.29, 1.82) is 0 Å². The molecule has 0 bridgehead atoms. The molecule has 4 heterocycles. The molecule has 0 unspecified atom stereocenters. The highest BCUT2D eigenvalue weighted by atomic mass is 16.3. The standard InChI is InChI=1S/C14H13N5O2/c20-12-2-1-4-16-19(12)9-10-7-18(8-10)14-13-11(3-5-21-13)6-15-17-14/h1-6,10H,7-9H2. The van der Waals surface area contributed by atoms with Gasteiger partial charge in [-0.1, -0.05) is 0 Å². The van der Waals surface area contributed by atoms with Crippen molar-refractivity contribution < 1.29 is 4.42 Å². The molecule has 1 aliphatic heterocycles. The molecule has 3 aromatic heterocycles. The second-order valence-corrected chi connectivity index (χ2v) is 5.19. The second-order valence-electron chi connectivity index (χ2n) is 5.19. The van der Waals surface area contributed by atoms with Gasteiger partial charge >= 0.3 is 0 Å². The second kappa shape index (κ2) is 4.69. The van der Waals surface area contributed by atoms with Crippen LogP contribution in [0.4, 0.5) is 5.82 Å². The Morgan fingerprint density at radius 3 is 3.10 bits per heavy atom. The van der Waals surface area contributed by atoms with Crippen LogP contribution in [-0.2, 0) is 6.54 Å². The molecule has 1 aliphatic rings. The zero-order chi connectivity index (χ0) is 14.2. The fourth-order valence-corrected chi connectivity index (χ4v) is 2.63. The summed E-state index contributed by atoms with van der Waals surface area (Å²) in [4.78, 5) is 13.7. The Morgan fingerprint density at radius 2 is 2.24 bits per heavy atom. The zero-order valence-corrected chi connectivity index (χ0v) is 11.2. The van der Waals surface area contributed by atoms with Gasteiger partial charge in [-0.15, -0.1) is 5.10 Å². The van der Waals surface area contributed by atoms with E-state index in [0.717, 1.165) is 29.9 Å². The van der Waals surface area contributed by atoms with Crippen molar-refractivity contribution in [3.8, 4) is 0 Å². The van der Waals surface area contributed by atoms with Crippen LogP contribution in [0, 0.1) is 5.92 Å². The van der Waals surface area contributed by atoms with Gasteiger partial charge in [-0.25, -0.2) is 4.68 Å². The first-order chi connectivity index (χ1) is 10.3. The molecule has 21 heavy (non-hydrogen) atoms. The molecule has 7 heteroatoms. The molecule has 3 aromatic rings. The third-order valence-electron chi connectivity index (χ3n) is 3.72. The minimum atomic E-state index is -0.0659. The lowest BCUT2D eigenvalue weighted by Gasteiger charge is -2.39. The van der Waals surface area contributed by atoms with Crippen LogP contribution in [0.15, 0.2) is 46.1 Å². The van der Waals surface area contributed by atoms with Gasteiger partial charge < -0.3 is 9.32 Å². The molecule has 106 valence electrons. The molecular weight excluding hydrogens is 270 g/mol. The van der Waals surface area contributed by atoms with Crippen LogP contribution in [-0.4, -0.2) is 33.1 Å². The van der Waals surface area contributed by atoms with E-state index >= 15 is 0 Å². The summed E-state index contributed by atoms with van der Waals surface area (Å²) in [7, 11) is 0. The molecule has 0 atom stereocenters. The van der Waals surface area contributed by atoms with Crippen molar-refractivity contribution in [2.75, 3.05) is 18.0 Å². The molecule has 0 radical (unpaired) electrons. The predicted molar refractivity (Wildman–Crippen MR) is 76.0 cm³/mol. The quantitative estimate of drug-likeness (QED) is 0.711. The molecule has 1 fully saturated rings. The van der Waals surface area contributed by atoms with Crippen LogP contribution >= 0.6 is 0 Å². The van der Waals surface area contributed by atoms with Crippen molar-refractivity contribution in [1.82, 2.24) is 20.0 Å². The molecule has 0 aromatic carbocycles. The summed E-state index contributed by atoms with van der Waals surface area (Å²) in [6, 6.07) is 5.05. The molecule has 0 saturated carbocycles. The SMILES string of the molecule is O=c1cccnn1CC1CN(c2nncc3ccoc23)C1. The molecular formula is C14H13N5O2. The monoisotopic (exact) mass is 283 g/mol. The van der Waals surface area contributed by atoms with Crippen LogP contribution in [0.5, 0.6) is 0 Å². The van der Waals surface area contributed by atoms with Crippen molar-refractivity contribution in [3.63, 3.8) is 0 Å². The van der Waals surface area contributed by atoms with E-state index in [9.17, 15) is 4.79 Å². The normalized spacial score (nSPS) is 15.3. The summed E-state index contributed by atoms with van der Waals surface area (Å²) >= 11 is 0. The number of aromatic nitrogens is 4. The van der Waals surface area contributed by atoms with Crippen LogP contribution < -0.4 is 10.5 Å². The average molecular weight is 283 g/mol. The van der Waals surface area contributed by atoms with Gasteiger partial charge in [0.1, 0.15) is 0 Å². The van der Waals surface area contributed by atoms with Gasteiger partial charge in [-0.05, 0) is 12.1 Å². The highest BCUT2D eigenvalue weighted by molar-refractivity contribution is 5.86. The lowest BCUT2D eigenvalue weighted by molar-refractivity contribution is 0.332. The third kappa shape index (κ3) is 2.06. The first kappa shape index (κ1) is 12.1. The molecule has 4 rings (SSSR count). The first-order valence-corrected chi connectivity index (χ1v) is 6.77. The number of nitrogens with zero attached hydrogens (tertiary/aromatic N) is 5. The van der Waals surface area contributed by atoms with Gasteiger partial charge in [-0.3, -0.25) is 4.79 Å². The van der Waals surface area contributed by atoms with Crippen LogP contribution in [0.1, 0.15) is 0 Å². The van der Waals surface area contributed by atoms with E-state index in [2.05, 4.69) is 20.2 Å². The van der Waals surface area contributed by atoms with Crippen molar-refractivity contribution in [3.05, 3.63) is 47.2 Å². The van der Waals surface area contributed by atoms with E-state index in [0.29, 0.717) is 12.5 Å². The highest BCUT2D eigenvalue weighted by Crippen LogP contribution is 2.29. The van der Waals surface area contributed by atoms with E-state index in [1.807, 2.05) is 6.07 Å². The third-order valence-corrected chi connectivity index (χ3v) is 3.72. The number of anilines is 1. The van der Waals surface area contributed by atoms with Crippen LogP contribution in [0.25, 0.3) is 11.0 Å². The highest BCUT2D eigenvalue weighted by Gasteiger charge is 2.30. The number of furan rings is 1. The molecule has 0 aliphatic carbocycles. The fraction of sp³-hybridized carbons (Fsp3) is 0.286. The summed E-state index contributed by atoms with van der Waals surface area (Å²) in [6.45, 7) is 2.26. The number of hydrogen-bond acceptors (Lipinski definition) is 6. The Hall–Kier alpha value is -2.70. The van der Waals surface area contributed by atoms with E-state index in [1.54, 1.807) is 24.7 Å². The number of fused-ring (bicyclic) bond motifs is 1. The molecule has 0 N–H and O–H groups in total. The van der Waals surface area contributed by atoms with E-state index in [1.165, 1.54) is 10.7 Å². The number of hydrogen-bond donors (Lipinski definition) is 0. The molecule has 0 amide bonds. The van der Waals surface area contributed by atoms with Crippen LogP contribution in [0.3, 0.4) is 0 Å². The van der Waals surface area contributed by atoms with E-state index in [4.69, 9.17) is 4.42 Å². The summed E-state index contributed by atoms with van der Waals surface area (Å²) in [6.07, 6.45) is 4.96. The maximum absolute atomic E-state index is 11.6. The summed E-state index contributed by atoms with van der Waals surface area (Å²) in [5, 5.41) is 13.2.